The number of rotatable bonds is 4. The van der Waals surface area contributed by atoms with Gasteiger partial charge in [0.25, 0.3) is 0 Å². The smallest absolute Gasteiger partial charge is 0.238 e. The molecule has 0 aliphatic heterocycles. The van der Waals surface area contributed by atoms with Crippen molar-refractivity contribution < 1.29 is 13.2 Å². The third-order valence-electron chi connectivity index (χ3n) is 2.48. The first-order valence-electron chi connectivity index (χ1n) is 5.72. The molecule has 1 amide bonds. The lowest BCUT2D eigenvalue weighted by molar-refractivity contribution is -0.117. The second-order valence-corrected chi connectivity index (χ2v) is 6.72. The molecule has 5 N–H and O–H groups in total. The van der Waals surface area contributed by atoms with Crippen molar-refractivity contribution >= 4 is 21.6 Å². The molecule has 0 saturated heterocycles. The van der Waals surface area contributed by atoms with E-state index in [1.165, 1.54) is 12.1 Å². The number of benzene rings is 1. The Labute approximate surface area is 113 Å². The van der Waals surface area contributed by atoms with Crippen molar-refractivity contribution in [3.8, 4) is 0 Å². The van der Waals surface area contributed by atoms with Crippen LogP contribution in [0.15, 0.2) is 23.1 Å². The molecule has 0 aliphatic rings. The number of primary sulfonamides is 1. The number of amides is 1. The van der Waals surface area contributed by atoms with Crippen molar-refractivity contribution in [2.45, 2.75) is 37.6 Å². The van der Waals surface area contributed by atoms with Gasteiger partial charge >= 0.3 is 0 Å². The zero-order valence-electron chi connectivity index (χ0n) is 11.2. The second kappa shape index (κ2) is 5.28. The number of nitrogens with one attached hydrogen (secondary N) is 1. The molecule has 0 spiro atoms. The highest BCUT2D eigenvalue weighted by Crippen LogP contribution is 2.22. The van der Waals surface area contributed by atoms with Crippen molar-refractivity contribution in [3.05, 3.63) is 23.8 Å². The summed E-state index contributed by atoms with van der Waals surface area (Å²) in [7, 11) is -3.80. The van der Waals surface area contributed by atoms with Gasteiger partial charge in [-0.05, 0) is 38.5 Å². The van der Waals surface area contributed by atoms with Gasteiger partial charge < -0.3 is 11.1 Å². The SMILES string of the molecule is Cc1c(NC(=O)CC(C)(C)N)cccc1S(N)(=O)=O. The van der Waals surface area contributed by atoms with Crippen LogP contribution in [0, 0.1) is 6.92 Å². The maximum atomic E-state index is 11.8. The van der Waals surface area contributed by atoms with E-state index in [-0.39, 0.29) is 17.2 Å². The number of sulfonamides is 1. The van der Waals surface area contributed by atoms with E-state index >= 15 is 0 Å². The zero-order chi connectivity index (χ0) is 14.8. The largest absolute Gasteiger partial charge is 0.326 e. The molecule has 0 aliphatic carbocycles. The van der Waals surface area contributed by atoms with Crippen LogP contribution in [0.2, 0.25) is 0 Å². The number of hydrogen-bond acceptors (Lipinski definition) is 4. The lowest BCUT2D eigenvalue weighted by Gasteiger charge is -2.18. The van der Waals surface area contributed by atoms with Crippen molar-refractivity contribution in [1.29, 1.82) is 0 Å². The average molecular weight is 285 g/mol. The molecule has 0 radical (unpaired) electrons. The molecule has 6 nitrogen and oxygen atoms in total. The third kappa shape index (κ3) is 4.62. The van der Waals surface area contributed by atoms with E-state index in [9.17, 15) is 13.2 Å². The summed E-state index contributed by atoms with van der Waals surface area (Å²) in [5, 5.41) is 7.74. The number of nitrogens with two attached hydrogens (primary N) is 2. The summed E-state index contributed by atoms with van der Waals surface area (Å²) in [6, 6.07) is 4.54. The standard InChI is InChI=1S/C12H19N3O3S/c1-8-9(15-11(16)7-12(2,3)13)5-4-6-10(8)19(14,17)18/h4-6H,7,13H2,1-3H3,(H,15,16)(H2,14,17,18). The molecule has 1 rings (SSSR count). The number of carbonyl (C=O) groups is 1. The van der Waals surface area contributed by atoms with Crippen LogP contribution < -0.4 is 16.2 Å². The molecule has 0 bridgehead atoms. The fourth-order valence-corrected chi connectivity index (χ4v) is 2.47. The van der Waals surface area contributed by atoms with Gasteiger partial charge in [0.15, 0.2) is 0 Å². The lowest BCUT2D eigenvalue weighted by Crippen LogP contribution is -2.36. The lowest BCUT2D eigenvalue weighted by atomic mass is 10.0. The van der Waals surface area contributed by atoms with Gasteiger partial charge in [-0.1, -0.05) is 6.07 Å². The predicted octanol–water partition coefficient (Wildman–Crippen LogP) is 0.708. The molecule has 1 aromatic carbocycles. The molecule has 0 saturated carbocycles. The Balaban J connectivity index is 3.01. The highest BCUT2D eigenvalue weighted by atomic mass is 32.2. The Bertz CT molecular complexity index is 589. The van der Waals surface area contributed by atoms with Crippen LogP contribution >= 0.6 is 0 Å². The number of hydrogen-bond donors (Lipinski definition) is 3. The molecule has 0 unspecified atom stereocenters. The summed E-state index contributed by atoms with van der Waals surface area (Å²) in [5.74, 6) is -0.276. The molecule has 1 aromatic rings. The van der Waals surface area contributed by atoms with Crippen molar-refractivity contribution in [1.82, 2.24) is 0 Å². The molecular weight excluding hydrogens is 266 g/mol. The predicted molar refractivity (Wildman–Crippen MR) is 74.1 cm³/mol. The van der Waals surface area contributed by atoms with Crippen molar-refractivity contribution in [3.63, 3.8) is 0 Å². The first kappa shape index (κ1) is 15.6. The Morgan fingerprint density at radius 1 is 1.37 bits per heavy atom. The van der Waals surface area contributed by atoms with Gasteiger partial charge in [0.05, 0.1) is 4.90 Å². The van der Waals surface area contributed by atoms with Gasteiger partial charge in [0.2, 0.25) is 15.9 Å². The maximum absolute atomic E-state index is 11.8. The van der Waals surface area contributed by atoms with Gasteiger partial charge in [-0.3, -0.25) is 4.79 Å². The number of carbonyl (C=O) groups excluding carboxylic acids is 1. The first-order valence-corrected chi connectivity index (χ1v) is 7.26. The van der Waals surface area contributed by atoms with E-state index in [0.717, 1.165) is 0 Å². The summed E-state index contributed by atoms with van der Waals surface area (Å²) in [4.78, 5) is 11.8. The third-order valence-corrected chi connectivity index (χ3v) is 3.54. The van der Waals surface area contributed by atoms with E-state index in [1.54, 1.807) is 26.8 Å². The van der Waals surface area contributed by atoms with E-state index in [4.69, 9.17) is 10.9 Å². The molecule has 0 atom stereocenters. The van der Waals surface area contributed by atoms with Gasteiger partial charge in [0, 0.05) is 17.6 Å². The maximum Gasteiger partial charge on any atom is 0.238 e. The average Bonchev–Trinajstić information content (AvgIpc) is 2.16. The van der Waals surface area contributed by atoms with E-state index < -0.39 is 15.6 Å². The highest BCUT2D eigenvalue weighted by Gasteiger charge is 2.19. The Morgan fingerprint density at radius 2 is 1.95 bits per heavy atom. The molecule has 7 heteroatoms. The minimum absolute atomic E-state index is 0.00249. The monoisotopic (exact) mass is 285 g/mol. The quantitative estimate of drug-likeness (QED) is 0.755. The van der Waals surface area contributed by atoms with E-state index in [2.05, 4.69) is 5.32 Å². The Morgan fingerprint density at radius 3 is 2.42 bits per heavy atom. The Kier molecular flexibility index (Phi) is 4.34. The van der Waals surface area contributed by atoms with Gasteiger partial charge in [-0.2, -0.15) is 0 Å². The molecule has 106 valence electrons. The van der Waals surface area contributed by atoms with Crippen LogP contribution in [0.3, 0.4) is 0 Å². The summed E-state index contributed by atoms with van der Waals surface area (Å²) >= 11 is 0. The van der Waals surface area contributed by atoms with Crippen molar-refractivity contribution in [2.75, 3.05) is 5.32 Å². The first-order chi connectivity index (χ1) is 8.50. The van der Waals surface area contributed by atoms with Crippen LogP contribution in [-0.2, 0) is 14.8 Å². The Hall–Kier alpha value is -1.44. The van der Waals surface area contributed by atoms with Gasteiger partial charge in [-0.15, -0.1) is 0 Å². The summed E-state index contributed by atoms with van der Waals surface area (Å²) in [6.45, 7) is 5.06. The zero-order valence-corrected chi connectivity index (χ0v) is 12.0. The molecular formula is C12H19N3O3S. The summed E-state index contributed by atoms with van der Waals surface area (Å²) < 4.78 is 22.7. The van der Waals surface area contributed by atoms with Crippen LogP contribution in [-0.4, -0.2) is 19.9 Å². The minimum atomic E-state index is -3.80. The van der Waals surface area contributed by atoms with Crippen LogP contribution in [0.25, 0.3) is 0 Å². The van der Waals surface area contributed by atoms with Crippen molar-refractivity contribution in [2.24, 2.45) is 10.9 Å². The highest BCUT2D eigenvalue weighted by molar-refractivity contribution is 7.89. The molecule has 19 heavy (non-hydrogen) atoms. The summed E-state index contributed by atoms with van der Waals surface area (Å²) in [5.41, 5.74) is 5.95. The van der Waals surface area contributed by atoms with Crippen LogP contribution in [0.1, 0.15) is 25.8 Å². The fraction of sp³-hybridized carbons (Fsp3) is 0.417. The molecule has 0 fully saturated rings. The number of anilines is 1. The second-order valence-electron chi connectivity index (χ2n) is 5.19. The molecule has 0 heterocycles. The van der Waals surface area contributed by atoms with Crippen LogP contribution in [0.4, 0.5) is 5.69 Å². The normalized spacial score (nSPS) is 12.3. The van der Waals surface area contributed by atoms with Gasteiger partial charge in [0.1, 0.15) is 0 Å². The fourth-order valence-electron chi connectivity index (χ4n) is 1.67. The van der Waals surface area contributed by atoms with Crippen LogP contribution in [0.5, 0.6) is 0 Å². The molecule has 0 aromatic heterocycles. The minimum Gasteiger partial charge on any atom is -0.326 e. The topological polar surface area (TPSA) is 115 Å². The van der Waals surface area contributed by atoms with E-state index in [0.29, 0.717) is 11.3 Å². The summed E-state index contributed by atoms with van der Waals surface area (Å²) in [6.07, 6.45) is 0.131. The van der Waals surface area contributed by atoms with Gasteiger partial charge in [-0.25, -0.2) is 13.6 Å². The van der Waals surface area contributed by atoms with E-state index in [1.807, 2.05) is 0 Å².